The predicted molar refractivity (Wildman–Crippen MR) is 83.5 cm³/mol. The summed E-state index contributed by atoms with van der Waals surface area (Å²) in [5.74, 6) is -0.111. The fourth-order valence-electron chi connectivity index (χ4n) is 2.31. The minimum Gasteiger partial charge on any atom is -0.326 e. The number of nitrogens with zero attached hydrogens (tertiary/aromatic N) is 2. The number of carbonyl (C=O) groups excluding carboxylic acids is 2. The lowest BCUT2D eigenvalue weighted by Gasteiger charge is -2.33. The summed E-state index contributed by atoms with van der Waals surface area (Å²) in [6.45, 7) is 7.97. The molecule has 1 heterocycles. The summed E-state index contributed by atoms with van der Waals surface area (Å²) in [5, 5.41) is 5.57. The van der Waals surface area contributed by atoms with E-state index in [-0.39, 0.29) is 11.9 Å². The van der Waals surface area contributed by atoms with Crippen molar-refractivity contribution >= 4 is 23.3 Å². The van der Waals surface area contributed by atoms with E-state index in [2.05, 4.69) is 22.5 Å². The lowest BCUT2D eigenvalue weighted by atomic mass is 10.2. The Bertz CT molecular complexity index is 493. The second kappa shape index (κ2) is 7.08. The van der Waals surface area contributed by atoms with Crippen LogP contribution in [0.2, 0.25) is 0 Å². The molecule has 0 atom stereocenters. The van der Waals surface area contributed by atoms with Gasteiger partial charge in [0.15, 0.2) is 0 Å². The number of hydrogen-bond acceptors (Lipinski definition) is 3. The molecule has 0 unspecified atom stereocenters. The van der Waals surface area contributed by atoms with Gasteiger partial charge in [-0.15, -0.1) is 0 Å². The van der Waals surface area contributed by atoms with Gasteiger partial charge in [-0.3, -0.25) is 4.79 Å². The summed E-state index contributed by atoms with van der Waals surface area (Å²) in [5.41, 5.74) is 1.45. The molecule has 6 heteroatoms. The summed E-state index contributed by atoms with van der Waals surface area (Å²) in [4.78, 5) is 27.2. The lowest BCUT2D eigenvalue weighted by Crippen LogP contribution is -2.49. The Morgan fingerprint density at radius 2 is 1.52 bits per heavy atom. The molecule has 1 aromatic carbocycles. The Labute approximate surface area is 125 Å². The van der Waals surface area contributed by atoms with Gasteiger partial charge in [0.2, 0.25) is 5.91 Å². The van der Waals surface area contributed by atoms with E-state index in [0.29, 0.717) is 0 Å². The smallest absolute Gasteiger partial charge is 0.321 e. The number of likely N-dealkylation sites (N-methyl/N-ethyl adjacent to an activating group) is 1. The molecule has 114 valence electrons. The van der Waals surface area contributed by atoms with Gasteiger partial charge in [-0.1, -0.05) is 6.92 Å². The minimum atomic E-state index is -0.111. The van der Waals surface area contributed by atoms with Gasteiger partial charge in [-0.2, -0.15) is 0 Å². The molecule has 2 rings (SSSR count). The van der Waals surface area contributed by atoms with E-state index in [9.17, 15) is 9.59 Å². The molecule has 0 aromatic heterocycles. The van der Waals surface area contributed by atoms with E-state index in [1.807, 2.05) is 4.90 Å². The number of urea groups is 1. The molecule has 1 aliphatic rings. The van der Waals surface area contributed by atoms with Crippen molar-refractivity contribution in [3.63, 3.8) is 0 Å². The monoisotopic (exact) mass is 290 g/mol. The first-order valence-corrected chi connectivity index (χ1v) is 7.24. The zero-order chi connectivity index (χ0) is 15.2. The fraction of sp³-hybridized carbons (Fsp3) is 0.467. The molecule has 1 aliphatic heterocycles. The minimum absolute atomic E-state index is 0.0713. The molecule has 0 bridgehead atoms. The standard InChI is InChI=1S/C15H22N4O2/c1-3-18-8-10-19(11-9-18)15(21)17-14-6-4-13(5-7-14)16-12(2)20/h4-7H,3,8-11H2,1-2H3,(H,16,20)(H,17,21). The summed E-state index contributed by atoms with van der Waals surface area (Å²) in [6, 6.07) is 7.03. The normalized spacial score (nSPS) is 15.6. The number of hydrogen-bond donors (Lipinski definition) is 2. The number of amides is 3. The Kier molecular flexibility index (Phi) is 5.16. The summed E-state index contributed by atoms with van der Waals surface area (Å²) < 4.78 is 0. The van der Waals surface area contributed by atoms with Crippen molar-refractivity contribution in [2.24, 2.45) is 0 Å². The van der Waals surface area contributed by atoms with Crippen LogP contribution in [0.5, 0.6) is 0 Å². The first-order chi connectivity index (χ1) is 10.1. The third kappa shape index (κ3) is 4.46. The SMILES string of the molecule is CCN1CCN(C(=O)Nc2ccc(NC(C)=O)cc2)CC1. The van der Waals surface area contributed by atoms with E-state index >= 15 is 0 Å². The van der Waals surface area contributed by atoms with Gasteiger partial charge in [0, 0.05) is 44.5 Å². The highest BCUT2D eigenvalue weighted by atomic mass is 16.2. The number of rotatable bonds is 3. The highest BCUT2D eigenvalue weighted by Crippen LogP contribution is 2.14. The molecule has 6 nitrogen and oxygen atoms in total. The topological polar surface area (TPSA) is 64.7 Å². The van der Waals surface area contributed by atoms with Crippen LogP contribution in [0.15, 0.2) is 24.3 Å². The molecule has 1 aromatic rings. The molecule has 0 spiro atoms. The van der Waals surface area contributed by atoms with Crippen molar-refractivity contribution < 1.29 is 9.59 Å². The van der Waals surface area contributed by atoms with Gasteiger partial charge in [-0.25, -0.2) is 4.79 Å². The Morgan fingerprint density at radius 1 is 1.00 bits per heavy atom. The van der Waals surface area contributed by atoms with Crippen molar-refractivity contribution in [3.05, 3.63) is 24.3 Å². The second-order valence-corrected chi connectivity index (χ2v) is 5.11. The molecular formula is C15H22N4O2. The Balaban J connectivity index is 1.86. The van der Waals surface area contributed by atoms with Crippen LogP contribution < -0.4 is 10.6 Å². The van der Waals surface area contributed by atoms with Crippen molar-refractivity contribution in [2.75, 3.05) is 43.4 Å². The van der Waals surface area contributed by atoms with Crippen molar-refractivity contribution in [1.82, 2.24) is 9.80 Å². The quantitative estimate of drug-likeness (QED) is 0.892. The average Bonchev–Trinajstić information content (AvgIpc) is 2.49. The second-order valence-electron chi connectivity index (χ2n) is 5.11. The van der Waals surface area contributed by atoms with E-state index in [1.54, 1.807) is 24.3 Å². The first-order valence-electron chi connectivity index (χ1n) is 7.24. The molecule has 0 saturated carbocycles. The molecule has 0 aliphatic carbocycles. The van der Waals surface area contributed by atoms with Crippen LogP contribution in [0.3, 0.4) is 0 Å². The van der Waals surface area contributed by atoms with Gasteiger partial charge in [0.25, 0.3) is 0 Å². The number of carbonyl (C=O) groups is 2. The van der Waals surface area contributed by atoms with E-state index in [1.165, 1.54) is 6.92 Å². The summed E-state index contributed by atoms with van der Waals surface area (Å²) in [7, 11) is 0. The van der Waals surface area contributed by atoms with Crippen LogP contribution in [0.25, 0.3) is 0 Å². The molecular weight excluding hydrogens is 268 g/mol. The molecule has 3 amide bonds. The number of piperazine rings is 1. The van der Waals surface area contributed by atoms with E-state index in [4.69, 9.17) is 0 Å². The average molecular weight is 290 g/mol. The zero-order valence-electron chi connectivity index (χ0n) is 12.6. The Morgan fingerprint density at radius 3 is 2.00 bits per heavy atom. The van der Waals surface area contributed by atoms with Crippen molar-refractivity contribution in [1.29, 1.82) is 0 Å². The van der Waals surface area contributed by atoms with Crippen LogP contribution in [0.1, 0.15) is 13.8 Å². The molecule has 0 radical (unpaired) electrons. The van der Waals surface area contributed by atoms with Crippen LogP contribution in [-0.2, 0) is 4.79 Å². The van der Waals surface area contributed by atoms with E-state index < -0.39 is 0 Å². The highest BCUT2D eigenvalue weighted by molar-refractivity contribution is 5.91. The maximum Gasteiger partial charge on any atom is 0.321 e. The predicted octanol–water partition coefficient (Wildman–Crippen LogP) is 1.81. The summed E-state index contributed by atoms with van der Waals surface area (Å²) >= 11 is 0. The largest absolute Gasteiger partial charge is 0.326 e. The van der Waals surface area contributed by atoms with Crippen molar-refractivity contribution in [2.45, 2.75) is 13.8 Å². The van der Waals surface area contributed by atoms with E-state index in [0.717, 1.165) is 44.1 Å². The number of anilines is 2. The third-order valence-electron chi connectivity index (χ3n) is 3.56. The van der Waals surface area contributed by atoms with Crippen molar-refractivity contribution in [3.8, 4) is 0 Å². The maximum atomic E-state index is 12.2. The van der Waals surface area contributed by atoms with Gasteiger partial charge in [0.1, 0.15) is 0 Å². The van der Waals surface area contributed by atoms with Gasteiger partial charge < -0.3 is 20.4 Å². The van der Waals surface area contributed by atoms with Gasteiger partial charge in [0.05, 0.1) is 0 Å². The molecule has 21 heavy (non-hydrogen) atoms. The van der Waals surface area contributed by atoms with Crippen LogP contribution in [0, 0.1) is 0 Å². The van der Waals surface area contributed by atoms with Crippen LogP contribution in [0.4, 0.5) is 16.2 Å². The van der Waals surface area contributed by atoms with Crippen LogP contribution in [-0.4, -0.2) is 54.5 Å². The summed E-state index contributed by atoms with van der Waals surface area (Å²) in [6.07, 6.45) is 0. The molecule has 1 saturated heterocycles. The maximum absolute atomic E-state index is 12.2. The number of benzene rings is 1. The van der Waals surface area contributed by atoms with Gasteiger partial charge in [-0.05, 0) is 30.8 Å². The van der Waals surface area contributed by atoms with Gasteiger partial charge >= 0.3 is 6.03 Å². The molecule has 1 fully saturated rings. The number of nitrogens with one attached hydrogen (secondary N) is 2. The highest BCUT2D eigenvalue weighted by Gasteiger charge is 2.19. The first kappa shape index (κ1) is 15.3. The third-order valence-corrected chi connectivity index (χ3v) is 3.56. The zero-order valence-corrected chi connectivity index (χ0v) is 12.6. The molecule has 2 N–H and O–H groups in total. The fourth-order valence-corrected chi connectivity index (χ4v) is 2.31. The lowest BCUT2D eigenvalue weighted by molar-refractivity contribution is -0.114. The Hall–Kier alpha value is -2.08. The van der Waals surface area contributed by atoms with Crippen LogP contribution >= 0.6 is 0 Å².